The number of benzene rings is 7. The highest BCUT2D eigenvalue weighted by Gasteiger charge is 2.55. The zero-order valence-corrected chi connectivity index (χ0v) is 33.3. The van der Waals surface area contributed by atoms with Crippen LogP contribution in [0.1, 0.15) is 35.6 Å². The van der Waals surface area contributed by atoms with Gasteiger partial charge in [-0.1, -0.05) is 165 Å². The van der Waals surface area contributed by atoms with E-state index in [1.54, 1.807) is 0 Å². The van der Waals surface area contributed by atoms with Crippen molar-refractivity contribution in [3.8, 4) is 39.5 Å². The molecule has 2 heterocycles. The van der Waals surface area contributed by atoms with Crippen LogP contribution in [0.4, 0.5) is 17.1 Å². The second-order valence-corrected chi connectivity index (χ2v) is 16.4. The molecular formula is C57H41N3. The Labute approximate surface area is 350 Å². The number of hydrogen-bond donors (Lipinski definition) is 0. The van der Waals surface area contributed by atoms with Gasteiger partial charge in [0.05, 0.1) is 33.7 Å². The zero-order valence-electron chi connectivity index (χ0n) is 33.3. The van der Waals surface area contributed by atoms with E-state index in [-0.39, 0.29) is 0 Å². The average molecular weight is 768 g/mol. The largest absolute Gasteiger partial charge is 0.310 e. The molecule has 0 amide bonds. The van der Waals surface area contributed by atoms with Crippen LogP contribution in [-0.2, 0) is 5.41 Å². The molecule has 60 heavy (non-hydrogen) atoms. The van der Waals surface area contributed by atoms with E-state index in [4.69, 9.17) is 4.98 Å². The number of anilines is 3. The van der Waals surface area contributed by atoms with E-state index in [1.165, 1.54) is 55.6 Å². The lowest BCUT2D eigenvalue weighted by Crippen LogP contribution is -2.28. The van der Waals surface area contributed by atoms with E-state index in [0.717, 1.165) is 51.7 Å². The minimum absolute atomic E-state index is 0.420. The average Bonchev–Trinajstić information content (AvgIpc) is 3.91. The molecule has 0 N–H and O–H groups in total. The van der Waals surface area contributed by atoms with E-state index < -0.39 is 5.41 Å². The van der Waals surface area contributed by atoms with Crippen molar-refractivity contribution in [2.75, 3.05) is 4.90 Å². The molecule has 7 aromatic carbocycles. The summed E-state index contributed by atoms with van der Waals surface area (Å²) in [5.74, 6) is 0.420. The summed E-state index contributed by atoms with van der Waals surface area (Å²) < 4.78 is 2.56. The van der Waals surface area contributed by atoms with Gasteiger partial charge in [-0.05, 0) is 94.8 Å². The number of para-hydroxylation sites is 2. The van der Waals surface area contributed by atoms with Crippen LogP contribution < -0.4 is 4.90 Å². The summed E-state index contributed by atoms with van der Waals surface area (Å²) in [6.07, 6.45) is 5.81. The number of hydrogen-bond acceptors (Lipinski definition) is 2. The summed E-state index contributed by atoms with van der Waals surface area (Å²) in [5, 5.41) is 1.25. The quantitative estimate of drug-likeness (QED) is 0.168. The number of aromatic nitrogens is 2. The van der Waals surface area contributed by atoms with E-state index in [0.29, 0.717) is 5.92 Å². The van der Waals surface area contributed by atoms with Crippen LogP contribution in [0, 0.1) is 5.92 Å². The first-order chi connectivity index (χ1) is 29.7. The molecule has 3 nitrogen and oxygen atoms in total. The van der Waals surface area contributed by atoms with Gasteiger partial charge in [0.15, 0.2) is 0 Å². The molecule has 2 aromatic heterocycles. The molecule has 1 unspecified atom stereocenters. The second kappa shape index (κ2) is 13.5. The third kappa shape index (κ3) is 5.05. The van der Waals surface area contributed by atoms with Crippen molar-refractivity contribution >= 4 is 33.5 Å². The van der Waals surface area contributed by atoms with Crippen molar-refractivity contribution in [3.05, 3.63) is 240 Å². The number of allylic oxidation sites excluding steroid dienone is 4. The number of pyridine rings is 1. The fraction of sp³-hybridized carbons (Fsp3) is 0.0702. The predicted molar refractivity (Wildman–Crippen MR) is 248 cm³/mol. The van der Waals surface area contributed by atoms with E-state index in [1.807, 2.05) is 0 Å². The van der Waals surface area contributed by atoms with Crippen LogP contribution >= 0.6 is 0 Å². The summed E-state index contributed by atoms with van der Waals surface area (Å²) >= 11 is 0. The normalized spacial score (nSPS) is 17.1. The van der Waals surface area contributed by atoms with Crippen LogP contribution in [0.3, 0.4) is 0 Å². The lowest BCUT2D eigenvalue weighted by Gasteiger charge is -2.34. The van der Waals surface area contributed by atoms with Gasteiger partial charge >= 0.3 is 0 Å². The topological polar surface area (TPSA) is 21.1 Å². The fourth-order valence-corrected chi connectivity index (χ4v) is 10.5. The molecule has 0 bridgehead atoms. The van der Waals surface area contributed by atoms with Gasteiger partial charge in [-0.3, -0.25) is 0 Å². The van der Waals surface area contributed by atoms with E-state index in [9.17, 15) is 0 Å². The van der Waals surface area contributed by atoms with Crippen molar-refractivity contribution in [1.29, 1.82) is 0 Å². The molecule has 3 aliphatic carbocycles. The molecule has 0 saturated heterocycles. The van der Waals surface area contributed by atoms with Gasteiger partial charge in [-0.15, -0.1) is 0 Å². The summed E-state index contributed by atoms with van der Waals surface area (Å²) in [6, 6.07) is 72.9. The Morgan fingerprint density at radius 3 is 1.70 bits per heavy atom. The van der Waals surface area contributed by atoms with Gasteiger partial charge in [0, 0.05) is 44.7 Å². The van der Waals surface area contributed by atoms with Crippen molar-refractivity contribution in [2.24, 2.45) is 5.92 Å². The molecule has 3 heteroatoms. The Bertz CT molecular complexity index is 3080. The molecule has 0 aliphatic heterocycles. The standard InChI is InChI=1S/C57H41N3/c1-38-30-32-46-45-26-14-16-28-49(45)57(51(46)34-38)50-29-17-15-27-47(50)56-55(57)48-35-43(59(41-22-10-4-11-23-41)42-24-12-5-13-25-42)31-33-54(48)60(56)44-36-52(39-18-6-2-7-19-39)58-53(37-44)40-20-8-3-9-21-40/h2-33,35-38H,34H2,1H3/t38-,57?/m0/s1. The predicted octanol–water partition coefficient (Wildman–Crippen LogP) is 14.5. The van der Waals surface area contributed by atoms with Crippen LogP contribution in [0.15, 0.2) is 218 Å². The maximum absolute atomic E-state index is 5.33. The molecular weight excluding hydrogens is 727 g/mol. The molecule has 0 radical (unpaired) electrons. The first-order valence-electron chi connectivity index (χ1n) is 21.0. The smallest absolute Gasteiger partial charge is 0.0730 e. The Hall–Kier alpha value is -7.49. The van der Waals surface area contributed by atoms with Crippen molar-refractivity contribution < 1.29 is 0 Å². The Kier molecular flexibility index (Phi) is 7.80. The summed E-state index contributed by atoms with van der Waals surface area (Å²) in [7, 11) is 0. The zero-order chi connectivity index (χ0) is 39.8. The molecule has 0 saturated carbocycles. The molecule has 9 aromatic rings. The lowest BCUT2D eigenvalue weighted by molar-refractivity contribution is 0.633. The van der Waals surface area contributed by atoms with Gasteiger partial charge in [-0.25, -0.2) is 4.98 Å². The van der Waals surface area contributed by atoms with Crippen LogP contribution in [0.5, 0.6) is 0 Å². The minimum Gasteiger partial charge on any atom is -0.310 e. The second-order valence-electron chi connectivity index (χ2n) is 16.4. The molecule has 1 spiro atoms. The first kappa shape index (κ1) is 34.5. The van der Waals surface area contributed by atoms with Gasteiger partial charge < -0.3 is 9.47 Å². The lowest BCUT2D eigenvalue weighted by atomic mass is 9.67. The van der Waals surface area contributed by atoms with Gasteiger partial charge in [0.25, 0.3) is 0 Å². The maximum Gasteiger partial charge on any atom is 0.0730 e. The van der Waals surface area contributed by atoms with Gasteiger partial charge in [0.2, 0.25) is 0 Å². The molecule has 0 fully saturated rings. The van der Waals surface area contributed by atoms with Crippen molar-refractivity contribution in [2.45, 2.75) is 18.8 Å². The van der Waals surface area contributed by atoms with Crippen LogP contribution in [0.25, 0.3) is 55.9 Å². The van der Waals surface area contributed by atoms with Crippen molar-refractivity contribution in [3.63, 3.8) is 0 Å². The third-order valence-corrected chi connectivity index (χ3v) is 12.9. The molecule has 2 atom stereocenters. The van der Waals surface area contributed by atoms with Crippen molar-refractivity contribution in [1.82, 2.24) is 9.55 Å². The summed E-state index contributed by atoms with van der Waals surface area (Å²) in [5.41, 5.74) is 20.1. The molecule has 3 aliphatic rings. The Morgan fingerprint density at radius 2 is 1.08 bits per heavy atom. The highest BCUT2D eigenvalue weighted by atomic mass is 15.1. The van der Waals surface area contributed by atoms with Crippen LogP contribution in [-0.4, -0.2) is 9.55 Å². The third-order valence-electron chi connectivity index (χ3n) is 12.9. The Morgan fingerprint density at radius 1 is 0.550 bits per heavy atom. The molecule has 284 valence electrons. The molecule has 12 rings (SSSR count). The fourth-order valence-electron chi connectivity index (χ4n) is 10.5. The van der Waals surface area contributed by atoms with Gasteiger partial charge in [-0.2, -0.15) is 0 Å². The maximum atomic E-state index is 5.33. The number of nitrogens with zero attached hydrogens (tertiary/aromatic N) is 3. The Balaban J connectivity index is 1.23. The minimum atomic E-state index is -0.471. The summed E-state index contributed by atoms with van der Waals surface area (Å²) in [6.45, 7) is 2.37. The highest BCUT2D eigenvalue weighted by Crippen LogP contribution is 2.66. The van der Waals surface area contributed by atoms with E-state index >= 15 is 0 Å². The van der Waals surface area contributed by atoms with E-state index in [2.05, 4.69) is 229 Å². The summed E-state index contributed by atoms with van der Waals surface area (Å²) in [4.78, 5) is 7.73. The monoisotopic (exact) mass is 767 g/mol. The highest BCUT2D eigenvalue weighted by molar-refractivity contribution is 6.07. The van der Waals surface area contributed by atoms with Crippen LogP contribution in [0.2, 0.25) is 0 Å². The number of fused-ring (bicyclic) bond motifs is 11. The number of rotatable bonds is 6. The van der Waals surface area contributed by atoms with Gasteiger partial charge in [0.1, 0.15) is 0 Å². The first-order valence-corrected chi connectivity index (χ1v) is 21.0. The SMILES string of the molecule is C[C@H]1C=CC2=C(C1)C1(c3ccccc32)c2ccccc2-c2c1c1cc(N(c3ccccc3)c3ccccc3)ccc1n2-c1cc(-c2ccccc2)nc(-c2ccccc2)c1.